The van der Waals surface area contributed by atoms with Gasteiger partial charge >= 0.3 is 0 Å². The molecule has 5 nitrogen and oxygen atoms in total. The molecule has 0 saturated heterocycles. The van der Waals surface area contributed by atoms with E-state index in [0.29, 0.717) is 21.8 Å². The number of nitrogens with zero attached hydrogens (tertiary/aromatic N) is 3. The van der Waals surface area contributed by atoms with Crippen molar-refractivity contribution < 1.29 is 4.74 Å². The molecule has 6 heteroatoms. The Hall–Kier alpha value is -3.12. The second-order valence-electron chi connectivity index (χ2n) is 5.89. The summed E-state index contributed by atoms with van der Waals surface area (Å²) in [5, 5.41) is 1.25. The lowest BCUT2D eigenvalue weighted by molar-refractivity contribution is 0.414. The van der Waals surface area contributed by atoms with Crippen molar-refractivity contribution in [2.45, 2.75) is 10.9 Å². The first-order chi connectivity index (χ1) is 13.3. The normalized spacial score (nSPS) is 10.9. The number of hydrogen-bond donors (Lipinski definition) is 0. The molecule has 4 rings (SSSR count). The van der Waals surface area contributed by atoms with Crippen LogP contribution in [0.15, 0.2) is 83.0 Å². The Morgan fingerprint density at radius 1 is 1.00 bits per heavy atom. The lowest BCUT2D eigenvalue weighted by Gasteiger charge is -2.13. The van der Waals surface area contributed by atoms with Gasteiger partial charge in [-0.2, -0.15) is 0 Å². The van der Waals surface area contributed by atoms with Crippen LogP contribution in [-0.2, 0) is 5.75 Å². The first kappa shape index (κ1) is 17.3. The number of benzene rings is 2. The van der Waals surface area contributed by atoms with Gasteiger partial charge in [0.2, 0.25) is 0 Å². The van der Waals surface area contributed by atoms with Gasteiger partial charge in [-0.15, -0.1) is 0 Å². The molecule has 0 atom stereocenters. The summed E-state index contributed by atoms with van der Waals surface area (Å²) < 4.78 is 6.89. The average Bonchev–Trinajstić information content (AvgIpc) is 2.73. The number of methoxy groups -OCH3 is 1. The summed E-state index contributed by atoms with van der Waals surface area (Å²) in [6.45, 7) is 0. The number of aromatic nitrogens is 3. The topological polar surface area (TPSA) is 57.0 Å². The van der Waals surface area contributed by atoms with Crippen LogP contribution in [0.3, 0.4) is 0 Å². The highest BCUT2D eigenvalue weighted by Gasteiger charge is 2.13. The molecule has 2 aromatic carbocycles. The summed E-state index contributed by atoms with van der Waals surface area (Å²) in [7, 11) is 1.62. The van der Waals surface area contributed by atoms with E-state index in [4.69, 9.17) is 9.72 Å². The Balaban J connectivity index is 1.83. The largest absolute Gasteiger partial charge is 0.497 e. The highest BCUT2D eigenvalue weighted by molar-refractivity contribution is 7.98. The van der Waals surface area contributed by atoms with Crippen LogP contribution in [0.25, 0.3) is 16.6 Å². The Kier molecular flexibility index (Phi) is 4.89. The minimum atomic E-state index is -0.0806. The van der Waals surface area contributed by atoms with Crippen molar-refractivity contribution in [3.05, 3.63) is 89.0 Å². The quantitative estimate of drug-likeness (QED) is 0.389. The van der Waals surface area contributed by atoms with E-state index < -0.39 is 0 Å². The molecule has 0 saturated carbocycles. The molecular weight excluding hydrogens is 358 g/mol. The highest BCUT2D eigenvalue weighted by atomic mass is 32.2. The molecule has 0 radical (unpaired) electrons. The number of fused-ring (bicyclic) bond motifs is 1. The van der Waals surface area contributed by atoms with Crippen molar-refractivity contribution in [3.8, 4) is 11.4 Å². The Bertz CT molecular complexity index is 1130. The number of pyridine rings is 1. The number of ether oxygens (including phenoxy) is 1. The smallest absolute Gasteiger partial charge is 0.266 e. The number of para-hydroxylation sites is 1. The van der Waals surface area contributed by atoms with Gasteiger partial charge in [0.15, 0.2) is 5.16 Å². The zero-order chi connectivity index (χ0) is 18.6. The van der Waals surface area contributed by atoms with E-state index in [1.165, 1.54) is 11.8 Å². The summed E-state index contributed by atoms with van der Waals surface area (Å²) >= 11 is 1.53. The fraction of sp³-hybridized carbons (Fsp3) is 0.0952. The van der Waals surface area contributed by atoms with Gasteiger partial charge in [-0.1, -0.05) is 23.9 Å². The van der Waals surface area contributed by atoms with Crippen molar-refractivity contribution in [1.29, 1.82) is 0 Å². The highest BCUT2D eigenvalue weighted by Crippen LogP contribution is 2.25. The number of thioether (sulfide) groups is 1. The van der Waals surface area contributed by atoms with E-state index in [2.05, 4.69) is 4.98 Å². The molecule has 27 heavy (non-hydrogen) atoms. The summed E-state index contributed by atoms with van der Waals surface area (Å²) in [6, 6.07) is 18.8. The lowest BCUT2D eigenvalue weighted by Crippen LogP contribution is -2.21. The molecule has 0 unspecified atom stereocenters. The van der Waals surface area contributed by atoms with Crippen LogP contribution < -0.4 is 10.3 Å². The molecule has 0 N–H and O–H groups in total. The van der Waals surface area contributed by atoms with Gasteiger partial charge in [-0.25, -0.2) is 4.98 Å². The van der Waals surface area contributed by atoms with E-state index in [-0.39, 0.29) is 5.56 Å². The molecule has 134 valence electrons. The van der Waals surface area contributed by atoms with Crippen LogP contribution in [0.2, 0.25) is 0 Å². The Labute approximate surface area is 160 Å². The van der Waals surface area contributed by atoms with E-state index in [1.54, 1.807) is 24.1 Å². The van der Waals surface area contributed by atoms with Crippen LogP contribution >= 0.6 is 11.8 Å². The maximum absolute atomic E-state index is 13.2. The standard InChI is InChI=1S/C21H17N3O2S/c1-26-17-8-6-16(7-9-17)24-20(25)18-4-2-3-5-19(18)23-21(24)27-14-15-10-12-22-13-11-15/h2-13H,14H2,1H3. The molecular formula is C21H17N3O2S. The fourth-order valence-corrected chi connectivity index (χ4v) is 3.76. The van der Waals surface area contributed by atoms with Gasteiger partial charge in [-0.3, -0.25) is 14.3 Å². The summed E-state index contributed by atoms with van der Waals surface area (Å²) in [5.74, 6) is 1.44. The lowest BCUT2D eigenvalue weighted by atomic mass is 10.2. The summed E-state index contributed by atoms with van der Waals surface area (Å²) in [6.07, 6.45) is 3.53. The van der Waals surface area contributed by atoms with Crippen molar-refractivity contribution in [2.75, 3.05) is 7.11 Å². The molecule has 0 aliphatic rings. The molecule has 0 amide bonds. The van der Waals surface area contributed by atoms with Gasteiger partial charge in [0.25, 0.3) is 5.56 Å². The summed E-state index contributed by atoms with van der Waals surface area (Å²) in [5.41, 5.74) is 2.50. The predicted molar refractivity (Wildman–Crippen MR) is 108 cm³/mol. The zero-order valence-corrected chi connectivity index (χ0v) is 15.5. The monoisotopic (exact) mass is 375 g/mol. The van der Waals surface area contributed by atoms with Crippen LogP contribution in [0.5, 0.6) is 5.75 Å². The minimum Gasteiger partial charge on any atom is -0.497 e. The molecule has 2 heterocycles. The molecule has 0 aliphatic carbocycles. The van der Waals surface area contributed by atoms with E-state index >= 15 is 0 Å². The first-order valence-electron chi connectivity index (χ1n) is 8.44. The van der Waals surface area contributed by atoms with Gasteiger partial charge in [0.05, 0.1) is 23.7 Å². The van der Waals surface area contributed by atoms with Crippen molar-refractivity contribution >= 4 is 22.7 Å². The Morgan fingerprint density at radius 3 is 2.48 bits per heavy atom. The minimum absolute atomic E-state index is 0.0806. The summed E-state index contributed by atoms with van der Waals surface area (Å²) in [4.78, 5) is 22.0. The fourth-order valence-electron chi connectivity index (χ4n) is 2.80. The third kappa shape index (κ3) is 3.57. The van der Waals surface area contributed by atoms with Gasteiger partial charge in [0.1, 0.15) is 5.75 Å². The van der Waals surface area contributed by atoms with Gasteiger partial charge < -0.3 is 4.74 Å². The molecule has 0 spiro atoms. The number of rotatable bonds is 5. The SMILES string of the molecule is COc1ccc(-n2c(SCc3ccncc3)nc3ccccc3c2=O)cc1. The maximum atomic E-state index is 13.2. The Morgan fingerprint density at radius 2 is 1.74 bits per heavy atom. The second kappa shape index (κ2) is 7.63. The average molecular weight is 375 g/mol. The third-order valence-corrected chi connectivity index (χ3v) is 5.20. The van der Waals surface area contributed by atoms with Crippen LogP contribution in [-0.4, -0.2) is 21.6 Å². The zero-order valence-electron chi connectivity index (χ0n) is 14.7. The van der Waals surface area contributed by atoms with Crippen LogP contribution in [0.4, 0.5) is 0 Å². The molecule has 4 aromatic rings. The molecule has 0 bridgehead atoms. The first-order valence-corrected chi connectivity index (χ1v) is 9.43. The van der Waals surface area contributed by atoms with Crippen molar-refractivity contribution in [1.82, 2.24) is 14.5 Å². The predicted octanol–water partition coefficient (Wildman–Crippen LogP) is 4.08. The molecule has 2 aromatic heterocycles. The van der Waals surface area contributed by atoms with Crippen molar-refractivity contribution in [2.24, 2.45) is 0 Å². The van der Waals surface area contributed by atoms with E-state index in [0.717, 1.165) is 17.0 Å². The van der Waals surface area contributed by atoms with Crippen LogP contribution in [0.1, 0.15) is 5.56 Å². The van der Waals surface area contributed by atoms with Crippen LogP contribution in [0, 0.1) is 0 Å². The molecule has 0 fully saturated rings. The van der Waals surface area contributed by atoms with E-state index in [9.17, 15) is 4.79 Å². The number of hydrogen-bond acceptors (Lipinski definition) is 5. The maximum Gasteiger partial charge on any atom is 0.266 e. The third-order valence-electron chi connectivity index (χ3n) is 4.19. The second-order valence-corrected chi connectivity index (χ2v) is 6.84. The van der Waals surface area contributed by atoms with Crippen molar-refractivity contribution in [3.63, 3.8) is 0 Å². The van der Waals surface area contributed by atoms with E-state index in [1.807, 2.05) is 60.7 Å². The van der Waals surface area contributed by atoms with Gasteiger partial charge in [-0.05, 0) is 54.1 Å². The van der Waals surface area contributed by atoms with Gasteiger partial charge in [0, 0.05) is 18.1 Å². The molecule has 0 aliphatic heterocycles.